The molecule has 0 radical (unpaired) electrons. The Kier molecular flexibility index (Phi) is 3.99. The van der Waals surface area contributed by atoms with Gasteiger partial charge in [-0.2, -0.15) is 0 Å². The summed E-state index contributed by atoms with van der Waals surface area (Å²) in [7, 11) is 0. The van der Waals surface area contributed by atoms with Crippen LogP contribution in [0.2, 0.25) is 0 Å². The molecule has 1 aliphatic rings. The van der Waals surface area contributed by atoms with E-state index in [1.54, 1.807) is 0 Å². The fourth-order valence-corrected chi connectivity index (χ4v) is 2.89. The van der Waals surface area contributed by atoms with E-state index in [-0.39, 0.29) is 11.9 Å². The second-order valence-electron chi connectivity index (χ2n) is 5.73. The summed E-state index contributed by atoms with van der Waals surface area (Å²) in [5.74, 6) is 2.06. The van der Waals surface area contributed by atoms with E-state index in [4.69, 9.17) is 10.2 Å². The van der Waals surface area contributed by atoms with Gasteiger partial charge in [-0.1, -0.05) is 0 Å². The molecule has 0 aromatic carbocycles. The summed E-state index contributed by atoms with van der Waals surface area (Å²) in [6.45, 7) is 9.33. The van der Waals surface area contributed by atoms with Crippen molar-refractivity contribution in [1.29, 1.82) is 0 Å². The Morgan fingerprint density at radius 1 is 1.37 bits per heavy atom. The average Bonchev–Trinajstić information content (AvgIpc) is 2.62. The monoisotopic (exact) mass is 264 g/mol. The number of hydrogen-bond acceptors (Lipinski definition) is 3. The van der Waals surface area contributed by atoms with E-state index in [2.05, 4.69) is 0 Å². The SMILES string of the molecule is Cc1oc(C)c(C(=O)N2CCCC(C(C)N)C2)c1C. The van der Waals surface area contributed by atoms with Crippen LogP contribution in [0.3, 0.4) is 0 Å². The highest BCUT2D eigenvalue weighted by Gasteiger charge is 2.29. The number of carbonyl (C=O) groups excluding carboxylic acids is 1. The van der Waals surface area contributed by atoms with Crippen LogP contribution < -0.4 is 5.73 Å². The number of nitrogens with zero attached hydrogens (tertiary/aromatic N) is 1. The lowest BCUT2D eigenvalue weighted by atomic mass is 9.91. The number of furan rings is 1. The third kappa shape index (κ3) is 2.68. The molecule has 0 aliphatic carbocycles. The Balaban J connectivity index is 2.19. The van der Waals surface area contributed by atoms with E-state index < -0.39 is 0 Å². The highest BCUT2D eigenvalue weighted by Crippen LogP contribution is 2.25. The maximum absolute atomic E-state index is 12.6. The van der Waals surface area contributed by atoms with E-state index in [0.717, 1.165) is 48.6 Å². The van der Waals surface area contributed by atoms with Gasteiger partial charge in [-0.25, -0.2) is 0 Å². The summed E-state index contributed by atoms with van der Waals surface area (Å²) in [6, 6.07) is 0.142. The molecule has 1 fully saturated rings. The lowest BCUT2D eigenvalue weighted by Crippen LogP contribution is -2.45. The van der Waals surface area contributed by atoms with Crippen molar-refractivity contribution in [3.05, 3.63) is 22.6 Å². The Hall–Kier alpha value is -1.29. The van der Waals surface area contributed by atoms with Crippen LogP contribution in [-0.4, -0.2) is 29.9 Å². The van der Waals surface area contributed by atoms with Gasteiger partial charge < -0.3 is 15.1 Å². The van der Waals surface area contributed by atoms with E-state index in [0.29, 0.717) is 5.92 Å². The molecule has 2 N–H and O–H groups in total. The maximum Gasteiger partial charge on any atom is 0.257 e. The van der Waals surface area contributed by atoms with Crippen LogP contribution in [0.4, 0.5) is 0 Å². The Morgan fingerprint density at radius 2 is 2.05 bits per heavy atom. The quantitative estimate of drug-likeness (QED) is 0.892. The van der Waals surface area contributed by atoms with Gasteiger partial charge in [0.25, 0.3) is 5.91 Å². The summed E-state index contributed by atoms with van der Waals surface area (Å²) in [6.07, 6.45) is 2.15. The first kappa shape index (κ1) is 14.1. The molecule has 4 heteroatoms. The average molecular weight is 264 g/mol. The van der Waals surface area contributed by atoms with Crippen molar-refractivity contribution >= 4 is 5.91 Å². The fourth-order valence-electron chi connectivity index (χ4n) is 2.89. The van der Waals surface area contributed by atoms with Crippen LogP contribution in [-0.2, 0) is 0 Å². The highest BCUT2D eigenvalue weighted by atomic mass is 16.3. The van der Waals surface area contributed by atoms with Crippen LogP contribution in [0.15, 0.2) is 4.42 Å². The Morgan fingerprint density at radius 3 is 2.58 bits per heavy atom. The lowest BCUT2D eigenvalue weighted by molar-refractivity contribution is 0.0658. The largest absolute Gasteiger partial charge is 0.466 e. The number of rotatable bonds is 2. The molecular formula is C15H24N2O2. The van der Waals surface area contributed by atoms with Crippen LogP contribution in [0, 0.1) is 26.7 Å². The topological polar surface area (TPSA) is 59.5 Å². The summed E-state index contributed by atoms with van der Waals surface area (Å²) in [5, 5.41) is 0. The molecule has 19 heavy (non-hydrogen) atoms. The normalized spacial score (nSPS) is 21.5. The molecule has 1 amide bonds. The predicted molar refractivity (Wildman–Crippen MR) is 75.2 cm³/mol. The first-order valence-corrected chi connectivity index (χ1v) is 7.03. The summed E-state index contributed by atoms with van der Waals surface area (Å²) >= 11 is 0. The van der Waals surface area contributed by atoms with Crippen LogP contribution in [0.5, 0.6) is 0 Å². The second kappa shape index (κ2) is 5.37. The molecule has 1 aromatic heterocycles. The van der Waals surface area contributed by atoms with Gasteiger partial charge in [0, 0.05) is 24.7 Å². The van der Waals surface area contributed by atoms with Gasteiger partial charge in [-0.05, 0) is 46.5 Å². The van der Waals surface area contributed by atoms with Crippen molar-refractivity contribution in [2.45, 2.75) is 46.6 Å². The minimum Gasteiger partial charge on any atom is -0.466 e. The van der Waals surface area contributed by atoms with E-state index in [1.807, 2.05) is 32.6 Å². The number of amides is 1. The van der Waals surface area contributed by atoms with E-state index >= 15 is 0 Å². The van der Waals surface area contributed by atoms with Gasteiger partial charge in [0.15, 0.2) is 0 Å². The third-order valence-corrected chi connectivity index (χ3v) is 4.26. The molecule has 1 aromatic rings. The number of aryl methyl sites for hydroxylation is 2. The van der Waals surface area contributed by atoms with Crippen molar-refractivity contribution in [1.82, 2.24) is 4.90 Å². The molecule has 1 saturated heterocycles. The minimum atomic E-state index is 0.0946. The number of likely N-dealkylation sites (tertiary alicyclic amines) is 1. The zero-order valence-corrected chi connectivity index (χ0v) is 12.3. The zero-order valence-electron chi connectivity index (χ0n) is 12.3. The second-order valence-corrected chi connectivity index (χ2v) is 5.73. The maximum atomic E-state index is 12.6. The Labute approximate surface area is 114 Å². The molecule has 4 nitrogen and oxygen atoms in total. The van der Waals surface area contributed by atoms with Crippen molar-refractivity contribution in [3.63, 3.8) is 0 Å². The minimum absolute atomic E-state index is 0.0946. The van der Waals surface area contributed by atoms with Gasteiger partial charge in [-0.15, -0.1) is 0 Å². The molecule has 0 bridgehead atoms. The highest BCUT2D eigenvalue weighted by molar-refractivity contribution is 5.97. The van der Waals surface area contributed by atoms with Gasteiger partial charge in [0.1, 0.15) is 11.5 Å². The molecule has 0 saturated carbocycles. The lowest BCUT2D eigenvalue weighted by Gasteiger charge is -2.34. The molecule has 2 atom stereocenters. The van der Waals surface area contributed by atoms with Gasteiger partial charge in [-0.3, -0.25) is 4.79 Å². The van der Waals surface area contributed by atoms with Gasteiger partial charge in [0.05, 0.1) is 5.56 Å². The van der Waals surface area contributed by atoms with Crippen molar-refractivity contribution in [2.24, 2.45) is 11.7 Å². The third-order valence-electron chi connectivity index (χ3n) is 4.26. The standard InChI is InChI=1S/C15H24N2O2/c1-9-11(3)19-12(4)14(9)15(18)17-7-5-6-13(8-17)10(2)16/h10,13H,5-8,16H2,1-4H3. The smallest absolute Gasteiger partial charge is 0.257 e. The first-order valence-electron chi connectivity index (χ1n) is 7.03. The van der Waals surface area contributed by atoms with Crippen LogP contribution in [0.25, 0.3) is 0 Å². The fraction of sp³-hybridized carbons (Fsp3) is 0.667. The molecule has 2 rings (SSSR count). The number of nitrogens with two attached hydrogens (primary N) is 1. The molecule has 2 heterocycles. The van der Waals surface area contributed by atoms with Gasteiger partial charge in [0.2, 0.25) is 0 Å². The number of hydrogen-bond donors (Lipinski definition) is 1. The van der Waals surface area contributed by atoms with E-state index in [1.165, 1.54) is 0 Å². The van der Waals surface area contributed by atoms with E-state index in [9.17, 15) is 4.79 Å². The first-order chi connectivity index (χ1) is 8.91. The zero-order chi connectivity index (χ0) is 14.2. The van der Waals surface area contributed by atoms with Crippen molar-refractivity contribution < 1.29 is 9.21 Å². The molecule has 106 valence electrons. The summed E-state index contributed by atoms with van der Waals surface area (Å²) in [4.78, 5) is 14.6. The molecular weight excluding hydrogens is 240 g/mol. The molecule has 1 aliphatic heterocycles. The van der Waals surface area contributed by atoms with Crippen molar-refractivity contribution in [2.75, 3.05) is 13.1 Å². The molecule has 2 unspecified atom stereocenters. The Bertz CT molecular complexity index is 477. The van der Waals surface area contributed by atoms with Crippen LogP contribution in [0.1, 0.15) is 47.2 Å². The summed E-state index contributed by atoms with van der Waals surface area (Å²) < 4.78 is 5.56. The number of piperidine rings is 1. The predicted octanol–water partition coefficient (Wildman–Crippen LogP) is 2.40. The number of carbonyl (C=O) groups is 1. The van der Waals surface area contributed by atoms with Crippen LogP contribution >= 0.6 is 0 Å². The van der Waals surface area contributed by atoms with Gasteiger partial charge >= 0.3 is 0 Å². The molecule has 0 spiro atoms. The van der Waals surface area contributed by atoms with Crippen molar-refractivity contribution in [3.8, 4) is 0 Å². The summed E-state index contributed by atoms with van der Waals surface area (Å²) in [5.41, 5.74) is 7.68.